The summed E-state index contributed by atoms with van der Waals surface area (Å²) in [5, 5.41) is 11.8. The van der Waals surface area contributed by atoms with Gasteiger partial charge in [0, 0.05) is 5.69 Å². The SMILES string of the molecule is Cc1cccc(NC(=O)C(C#N)=Cc2ccccc2)c1. The Morgan fingerprint density at radius 1 is 1.15 bits per heavy atom. The van der Waals surface area contributed by atoms with Crippen molar-refractivity contribution in [2.75, 3.05) is 5.32 Å². The number of aryl methyl sites for hydroxylation is 1. The molecule has 1 amide bonds. The summed E-state index contributed by atoms with van der Waals surface area (Å²) in [5.74, 6) is -0.401. The zero-order valence-electron chi connectivity index (χ0n) is 11.1. The minimum atomic E-state index is -0.401. The van der Waals surface area contributed by atoms with E-state index in [1.807, 2.05) is 61.5 Å². The van der Waals surface area contributed by atoms with Crippen molar-refractivity contribution in [2.24, 2.45) is 0 Å². The molecule has 2 aromatic rings. The van der Waals surface area contributed by atoms with Crippen LogP contribution in [0.2, 0.25) is 0 Å². The first-order chi connectivity index (χ1) is 9.69. The van der Waals surface area contributed by atoms with Crippen LogP contribution in [0.15, 0.2) is 60.2 Å². The summed E-state index contributed by atoms with van der Waals surface area (Å²) in [5.41, 5.74) is 2.64. The lowest BCUT2D eigenvalue weighted by molar-refractivity contribution is -0.112. The first-order valence-electron chi connectivity index (χ1n) is 6.24. The molecule has 98 valence electrons. The van der Waals surface area contributed by atoms with Crippen molar-refractivity contribution >= 4 is 17.7 Å². The Labute approximate surface area is 118 Å². The number of carbonyl (C=O) groups excluding carboxylic acids is 1. The number of rotatable bonds is 3. The summed E-state index contributed by atoms with van der Waals surface area (Å²) in [6.45, 7) is 1.95. The van der Waals surface area contributed by atoms with Crippen LogP contribution in [0.4, 0.5) is 5.69 Å². The van der Waals surface area contributed by atoms with Crippen LogP contribution in [0, 0.1) is 18.3 Å². The number of amides is 1. The van der Waals surface area contributed by atoms with Crippen LogP contribution in [0.1, 0.15) is 11.1 Å². The number of anilines is 1. The van der Waals surface area contributed by atoms with E-state index in [0.29, 0.717) is 5.69 Å². The summed E-state index contributed by atoms with van der Waals surface area (Å²) >= 11 is 0. The molecule has 0 atom stereocenters. The lowest BCUT2D eigenvalue weighted by Crippen LogP contribution is -2.13. The third-order valence-corrected chi connectivity index (χ3v) is 2.75. The third-order valence-electron chi connectivity index (χ3n) is 2.75. The molecule has 0 aliphatic heterocycles. The molecule has 0 aliphatic rings. The number of carbonyl (C=O) groups is 1. The molecule has 3 nitrogen and oxygen atoms in total. The fraction of sp³-hybridized carbons (Fsp3) is 0.0588. The van der Waals surface area contributed by atoms with Crippen molar-refractivity contribution in [3.05, 3.63) is 71.3 Å². The average Bonchev–Trinajstić information content (AvgIpc) is 2.45. The topological polar surface area (TPSA) is 52.9 Å². The highest BCUT2D eigenvalue weighted by Gasteiger charge is 2.09. The van der Waals surface area contributed by atoms with Gasteiger partial charge in [-0.15, -0.1) is 0 Å². The lowest BCUT2D eigenvalue weighted by Gasteiger charge is -2.05. The monoisotopic (exact) mass is 262 g/mol. The fourth-order valence-electron chi connectivity index (χ4n) is 1.79. The van der Waals surface area contributed by atoms with Gasteiger partial charge in [-0.25, -0.2) is 0 Å². The van der Waals surface area contributed by atoms with E-state index in [0.717, 1.165) is 11.1 Å². The first kappa shape index (κ1) is 13.6. The number of nitriles is 1. The van der Waals surface area contributed by atoms with Crippen LogP contribution in [0.3, 0.4) is 0 Å². The van der Waals surface area contributed by atoms with Crippen molar-refractivity contribution in [3.8, 4) is 6.07 Å². The van der Waals surface area contributed by atoms with Gasteiger partial charge in [0.1, 0.15) is 11.6 Å². The molecule has 0 heterocycles. The van der Waals surface area contributed by atoms with Gasteiger partial charge in [-0.1, -0.05) is 42.5 Å². The summed E-state index contributed by atoms with van der Waals surface area (Å²) in [4.78, 5) is 12.1. The number of hydrogen-bond acceptors (Lipinski definition) is 2. The van der Waals surface area contributed by atoms with Gasteiger partial charge in [-0.05, 0) is 36.3 Å². The zero-order valence-corrected chi connectivity index (χ0v) is 11.1. The molecule has 3 heteroatoms. The molecule has 0 fully saturated rings. The van der Waals surface area contributed by atoms with Gasteiger partial charge >= 0.3 is 0 Å². The third kappa shape index (κ3) is 3.56. The molecule has 20 heavy (non-hydrogen) atoms. The Kier molecular flexibility index (Phi) is 4.31. The van der Waals surface area contributed by atoms with Crippen LogP contribution in [-0.2, 0) is 4.79 Å². The Morgan fingerprint density at radius 3 is 2.55 bits per heavy atom. The van der Waals surface area contributed by atoms with E-state index in [2.05, 4.69) is 5.32 Å². The molecule has 0 radical (unpaired) electrons. The van der Waals surface area contributed by atoms with Crippen LogP contribution in [0.5, 0.6) is 0 Å². The van der Waals surface area contributed by atoms with Gasteiger partial charge in [-0.2, -0.15) is 5.26 Å². The number of benzene rings is 2. The molecule has 2 rings (SSSR count). The molecule has 0 spiro atoms. The second-order valence-electron chi connectivity index (χ2n) is 4.40. The average molecular weight is 262 g/mol. The maximum absolute atomic E-state index is 12.1. The van der Waals surface area contributed by atoms with E-state index in [9.17, 15) is 4.79 Å². The number of nitrogens with zero attached hydrogens (tertiary/aromatic N) is 1. The van der Waals surface area contributed by atoms with Gasteiger partial charge in [0.2, 0.25) is 0 Å². The standard InChI is InChI=1S/C17H14N2O/c1-13-6-5-9-16(10-13)19-17(20)15(12-18)11-14-7-3-2-4-8-14/h2-11H,1H3,(H,19,20). The van der Waals surface area contributed by atoms with Crippen molar-refractivity contribution in [1.82, 2.24) is 0 Å². The second-order valence-corrected chi connectivity index (χ2v) is 4.40. The number of nitrogens with one attached hydrogen (secondary N) is 1. The van der Waals surface area contributed by atoms with E-state index in [1.165, 1.54) is 0 Å². The van der Waals surface area contributed by atoms with Gasteiger partial charge in [0.25, 0.3) is 5.91 Å². The highest BCUT2D eigenvalue weighted by atomic mass is 16.1. The quantitative estimate of drug-likeness (QED) is 0.679. The molecule has 0 bridgehead atoms. The van der Waals surface area contributed by atoms with Crippen LogP contribution < -0.4 is 5.32 Å². The summed E-state index contributed by atoms with van der Waals surface area (Å²) < 4.78 is 0. The van der Waals surface area contributed by atoms with E-state index in [-0.39, 0.29) is 5.57 Å². The molecule has 0 saturated heterocycles. The van der Waals surface area contributed by atoms with Crippen molar-refractivity contribution < 1.29 is 4.79 Å². The van der Waals surface area contributed by atoms with E-state index >= 15 is 0 Å². The minimum absolute atomic E-state index is 0.0812. The molecule has 0 unspecified atom stereocenters. The maximum atomic E-state index is 12.1. The predicted octanol–water partition coefficient (Wildman–Crippen LogP) is 3.54. The van der Waals surface area contributed by atoms with Gasteiger partial charge in [0.05, 0.1) is 0 Å². The van der Waals surface area contributed by atoms with Crippen LogP contribution >= 0.6 is 0 Å². The molecule has 0 aliphatic carbocycles. The number of hydrogen-bond donors (Lipinski definition) is 1. The minimum Gasteiger partial charge on any atom is -0.321 e. The second kappa shape index (κ2) is 6.35. The molecular weight excluding hydrogens is 248 g/mol. The molecule has 0 aromatic heterocycles. The highest BCUT2D eigenvalue weighted by molar-refractivity contribution is 6.09. The van der Waals surface area contributed by atoms with Gasteiger partial charge in [-0.3, -0.25) is 4.79 Å². The Balaban J connectivity index is 2.19. The fourth-order valence-corrected chi connectivity index (χ4v) is 1.79. The molecular formula is C17H14N2O. The van der Waals surface area contributed by atoms with Gasteiger partial charge < -0.3 is 5.32 Å². The van der Waals surface area contributed by atoms with Crippen LogP contribution in [0.25, 0.3) is 6.08 Å². The maximum Gasteiger partial charge on any atom is 0.266 e. The molecule has 0 saturated carbocycles. The molecule has 1 N–H and O–H groups in total. The summed E-state index contributed by atoms with van der Waals surface area (Å²) in [6.07, 6.45) is 1.57. The summed E-state index contributed by atoms with van der Waals surface area (Å²) in [7, 11) is 0. The Bertz CT molecular complexity index is 682. The van der Waals surface area contributed by atoms with Crippen LogP contribution in [-0.4, -0.2) is 5.91 Å². The smallest absolute Gasteiger partial charge is 0.266 e. The van der Waals surface area contributed by atoms with Crippen molar-refractivity contribution in [1.29, 1.82) is 5.26 Å². The van der Waals surface area contributed by atoms with E-state index in [4.69, 9.17) is 5.26 Å². The van der Waals surface area contributed by atoms with Gasteiger partial charge in [0.15, 0.2) is 0 Å². The Morgan fingerprint density at radius 2 is 1.90 bits per heavy atom. The normalized spacial score (nSPS) is 10.7. The van der Waals surface area contributed by atoms with E-state index < -0.39 is 5.91 Å². The van der Waals surface area contributed by atoms with Crippen molar-refractivity contribution in [2.45, 2.75) is 6.92 Å². The highest BCUT2D eigenvalue weighted by Crippen LogP contribution is 2.12. The van der Waals surface area contributed by atoms with Crippen molar-refractivity contribution in [3.63, 3.8) is 0 Å². The summed E-state index contributed by atoms with van der Waals surface area (Å²) in [6, 6.07) is 18.7. The zero-order chi connectivity index (χ0) is 14.4. The molecule has 2 aromatic carbocycles. The predicted molar refractivity (Wildman–Crippen MR) is 79.8 cm³/mol. The Hall–Kier alpha value is -2.86. The lowest BCUT2D eigenvalue weighted by atomic mass is 10.1. The largest absolute Gasteiger partial charge is 0.321 e. The first-order valence-corrected chi connectivity index (χ1v) is 6.24. The van der Waals surface area contributed by atoms with E-state index in [1.54, 1.807) is 12.1 Å².